The van der Waals surface area contributed by atoms with Gasteiger partial charge in [-0.05, 0) is 24.3 Å². The number of benzene rings is 2. The predicted molar refractivity (Wildman–Crippen MR) is 111 cm³/mol. The van der Waals surface area contributed by atoms with E-state index in [9.17, 15) is 39.5 Å². The topological polar surface area (TPSA) is 105 Å². The van der Waals surface area contributed by atoms with Crippen LogP contribution < -0.4 is 22.3 Å². The van der Waals surface area contributed by atoms with E-state index in [0.717, 1.165) is 6.20 Å². The van der Waals surface area contributed by atoms with Gasteiger partial charge in [-0.15, -0.1) is 0 Å². The van der Waals surface area contributed by atoms with Gasteiger partial charge in [0.15, 0.2) is 0 Å². The van der Waals surface area contributed by atoms with Gasteiger partial charge in [-0.1, -0.05) is 29.3 Å². The molecule has 190 valence electrons. The van der Waals surface area contributed by atoms with Crippen molar-refractivity contribution < 1.29 is 39.5 Å². The van der Waals surface area contributed by atoms with Gasteiger partial charge in [0.25, 0.3) is 0 Å². The minimum absolute atomic E-state index is 0.0300. The summed E-state index contributed by atoms with van der Waals surface area (Å²) in [5, 5.41) is 7.37. The first-order valence-electron chi connectivity index (χ1n) is 8.80. The van der Waals surface area contributed by atoms with Gasteiger partial charge in [-0.2, -0.15) is 40.4 Å². The van der Waals surface area contributed by atoms with E-state index < -0.39 is 45.2 Å². The van der Waals surface area contributed by atoms with E-state index in [0.29, 0.717) is 5.01 Å². The summed E-state index contributed by atoms with van der Waals surface area (Å²) in [4.78, 5) is 0. The Kier molecular flexibility index (Phi) is 7.43. The maximum atomic E-state index is 14.7. The van der Waals surface area contributed by atoms with Crippen LogP contribution in [0, 0.1) is 11.3 Å². The molecule has 16 heteroatoms. The lowest BCUT2D eigenvalue weighted by molar-refractivity contribution is -0.389. The van der Waals surface area contributed by atoms with E-state index in [-0.39, 0.29) is 34.6 Å². The van der Waals surface area contributed by atoms with Gasteiger partial charge in [0.1, 0.15) is 6.07 Å². The van der Waals surface area contributed by atoms with Crippen LogP contribution in [-0.4, -0.2) is 18.3 Å². The van der Waals surface area contributed by atoms with Crippen molar-refractivity contribution in [1.29, 1.82) is 5.26 Å². The highest BCUT2D eigenvalue weighted by atomic mass is 35.5. The van der Waals surface area contributed by atoms with Crippen molar-refractivity contribution in [2.45, 2.75) is 23.9 Å². The molecular weight excluding hydrogens is 540 g/mol. The van der Waals surface area contributed by atoms with Crippen molar-refractivity contribution >= 4 is 40.3 Å². The van der Waals surface area contributed by atoms with E-state index in [1.807, 2.05) is 0 Å². The quantitative estimate of drug-likeness (QED) is 0.183. The molecule has 2 aromatic carbocycles. The maximum absolute atomic E-state index is 14.7. The Labute approximate surface area is 201 Å². The van der Waals surface area contributed by atoms with Gasteiger partial charge in [-0.3, -0.25) is 5.01 Å². The first-order chi connectivity index (χ1) is 15.8. The number of hydrogen-bond acceptors (Lipinski definition) is 5. The largest absolute Gasteiger partial charge is 0.457 e. The molecule has 2 rings (SSSR count). The Morgan fingerprint density at radius 1 is 0.914 bits per heavy atom. The molecular formula is C19H12Cl2F9N5. The number of nitrogens with zero attached hydrogens (tertiary/aromatic N) is 2. The maximum Gasteiger partial charge on any atom is 0.457 e. The third kappa shape index (κ3) is 4.89. The molecule has 0 bridgehead atoms. The second kappa shape index (κ2) is 9.21. The molecule has 2 aromatic rings. The number of nitrogen functional groups attached to an aromatic ring is 1. The lowest BCUT2D eigenvalue weighted by atomic mass is 9.87. The summed E-state index contributed by atoms with van der Waals surface area (Å²) in [6.07, 6.45) is -12.8. The highest BCUT2D eigenvalue weighted by Gasteiger charge is 2.81. The molecule has 0 heterocycles. The van der Waals surface area contributed by atoms with Crippen LogP contribution in [0.4, 0.5) is 50.9 Å². The summed E-state index contributed by atoms with van der Waals surface area (Å²) in [6.45, 7) is 0. The number of hydrazine groups is 1. The van der Waals surface area contributed by atoms with Crippen LogP contribution in [-0.2, 0) is 5.67 Å². The summed E-state index contributed by atoms with van der Waals surface area (Å²) in [5.41, 5.74) is 2.61. The normalized spacial score (nSPS) is 14.9. The van der Waals surface area contributed by atoms with Crippen LogP contribution in [0.5, 0.6) is 0 Å². The zero-order valence-electron chi connectivity index (χ0n) is 16.7. The number of nitrogens with two attached hydrogens (primary N) is 3. The van der Waals surface area contributed by atoms with Crippen molar-refractivity contribution in [2.24, 2.45) is 11.6 Å². The summed E-state index contributed by atoms with van der Waals surface area (Å²) in [7, 11) is 0. The van der Waals surface area contributed by atoms with E-state index in [1.165, 1.54) is 18.2 Å². The standard InChI is InChI=1S/C19H12Cl2F9N5/c20-11-4-10(16(22,18(25,26)27)17(23,24)19(28,29)30)5-12(21)15(11)35(34)7-14(33)8-1-2-9(6-31)13(32)3-8/h1-5,7H,32-34H2/b14-7-. The lowest BCUT2D eigenvalue weighted by Crippen LogP contribution is -2.59. The van der Waals surface area contributed by atoms with E-state index in [1.54, 1.807) is 6.07 Å². The Hall–Kier alpha value is -3.02. The van der Waals surface area contributed by atoms with E-state index in [2.05, 4.69) is 0 Å². The van der Waals surface area contributed by atoms with Gasteiger partial charge in [0, 0.05) is 17.3 Å². The van der Waals surface area contributed by atoms with E-state index >= 15 is 0 Å². The van der Waals surface area contributed by atoms with Gasteiger partial charge >= 0.3 is 23.9 Å². The summed E-state index contributed by atoms with van der Waals surface area (Å²) < 4.78 is 120. The monoisotopic (exact) mass is 551 g/mol. The minimum Gasteiger partial charge on any atom is -0.398 e. The molecule has 0 radical (unpaired) electrons. The number of alkyl halides is 9. The second-order valence-electron chi connectivity index (χ2n) is 6.92. The number of rotatable bonds is 5. The molecule has 1 unspecified atom stereocenters. The zero-order valence-corrected chi connectivity index (χ0v) is 18.3. The fourth-order valence-electron chi connectivity index (χ4n) is 2.86. The molecule has 0 aliphatic carbocycles. The van der Waals surface area contributed by atoms with Gasteiger partial charge in [0.2, 0.25) is 0 Å². The van der Waals surface area contributed by atoms with Crippen LogP contribution in [0.2, 0.25) is 10.0 Å². The number of anilines is 2. The summed E-state index contributed by atoms with van der Waals surface area (Å²) in [6, 6.07) is 5.50. The molecule has 0 spiro atoms. The molecule has 0 fully saturated rings. The molecule has 0 aromatic heterocycles. The summed E-state index contributed by atoms with van der Waals surface area (Å²) >= 11 is 11.5. The van der Waals surface area contributed by atoms with Crippen molar-refractivity contribution in [3.8, 4) is 6.07 Å². The summed E-state index contributed by atoms with van der Waals surface area (Å²) in [5.74, 6) is -1.20. The first kappa shape index (κ1) is 28.2. The molecule has 5 nitrogen and oxygen atoms in total. The first-order valence-corrected chi connectivity index (χ1v) is 9.56. The van der Waals surface area contributed by atoms with Crippen LogP contribution in [0.1, 0.15) is 16.7 Å². The fourth-order valence-corrected chi connectivity index (χ4v) is 3.54. The Balaban J connectivity index is 2.61. The van der Waals surface area contributed by atoms with Crippen LogP contribution in [0.25, 0.3) is 5.70 Å². The van der Waals surface area contributed by atoms with Crippen molar-refractivity contribution in [3.63, 3.8) is 0 Å². The predicted octanol–water partition coefficient (Wildman–Crippen LogP) is 6.01. The molecule has 0 saturated carbocycles. The molecule has 35 heavy (non-hydrogen) atoms. The Bertz CT molecular complexity index is 1180. The Morgan fingerprint density at radius 3 is 1.83 bits per heavy atom. The average molecular weight is 552 g/mol. The lowest BCUT2D eigenvalue weighted by Gasteiger charge is -2.36. The highest BCUT2D eigenvalue weighted by Crippen LogP contribution is 2.59. The zero-order chi connectivity index (χ0) is 27.1. The molecule has 6 N–H and O–H groups in total. The average Bonchev–Trinajstić information content (AvgIpc) is 2.70. The molecule has 0 amide bonds. The Morgan fingerprint density at radius 2 is 1.43 bits per heavy atom. The van der Waals surface area contributed by atoms with Gasteiger partial charge in [-0.25, -0.2) is 10.2 Å². The minimum atomic E-state index is -6.92. The molecule has 0 aliphatic heterocycles. The SMILES string of the molecule is N#Cc1ccc(/C(N)=C/N(N)c2c(Cl)cc(C(F)(C(F)(F)F)C(F)(F)C(F)(F)F)cc2Cl)cc1N. The van der Waals surface area contributed by atoms with E-state index in [4.69, 9.17) is 45.8 Å². The van der Waals surface area contributed by atoms with Crippen LogP contribution >= 0.6 is 23.2 Å². The number of nitriles is 1. The van der Waals surface area contributed by atoms with Crippen molar-refractivity contribution in [3.05, 3.63) is 63.3 Å². The van der Waals surface area contributed by atoms with Crippen LogP contribution in [0.3, 0.4) is 0 Å². The molecule has 0 saturated heterocycles. The fraction of sp³-hybridized carbons (Fsp3) is 0.211. The van der Waals surface area contributed by atoms with Crippen LogP contribution in [0.15, 0.2) is 36.5 Å². The van der Waals surface area contributed by atoms with Gasteiger partial charge < -0.3 is 11.5 Å². The third-order valence-electron chi connectivity index (χ3n) is 4.64. The molecule has 0 aliphatic rings. The number of hydrogen-bond donors (Lipinski definition) is 3. The second-order valence-corrected chi connectivity index (χ2v) is 7.74. The van der Waals surface area contributed by atoms with Crippen molar-refractivity contribution in [2.75, 3.05) is 10.7 Å². The van der Waals surface area contributed by atoms with Gasteiger partial charge in [0.05, 0.1) is 32.7 Å². The third-order valence-corrected chi connectivity index (χ3v) is 5.21. The smallest absolute Gasteiger partial charge is 0.398 e. The van der Waals surface area contributed by atoms with Crippen molar-refractivity contribution in [1.82, 2.24) is 0 Å². The highest BCUT2D eigenvalue weighted by molar-refractivity contribution is 6.39. The number of halogens is 11. The molecule has 1 atom stereocenters.